The van der Waals surface area contributed by atoms with E-state index >= 15 is 0 Å². The first-order valence-electron chi connectivity index (χ1n) is 5.69. The van der Waals surface area contributed by atoms with Crippen molar-refractivity contribution in [1.82, 2.24) is 0 Å². The largest absolute Gasteiger partial charge is 0.495 e. The van der Waals surface area contributed by atoms with Crippen molar-refractivity contribution in [3.05, 3.63) is 24.3 Å². The maximum Gasteiger partial charge on any atom is 0.312 e. The average molecular weight is 286 g/mol. The van der Waals surface area contributed by atoms with Gasteiger partial charge in [-0.1, -0.05) is 12.1 Å². The van der Waals surface area contributed by atoms with Gasteiger partial charge in [-0.2, -0.15) is 0 Å². The molecule has 5 nitrogen and oxygen atoms in total. The molecule has 0 atom stereocenters. The second-order valence-electron chi connectivity index (χ2n) is 4.79. The Hall–Kier alpha value is -1.56. The quantitative estimate of drug-likeness (QED) is 0.770. The van der Waals surface area contributed by atoms with Crippen LogP contribution >= 0.6 is 0 Å². The topological polar surface area (TPSA) is 69.7 Å². The first kappa shape index (κ1) is 15.5. The van der Waals surface area contributed by atoms with Gasteiger partial charge in [0.15, 0.2) is 9.84 Å². The van der Waals surface area contributed by atoms with E-state index in [1.165, 1.54) is 34.1 Å². The molecule has 0 N–H and O–H groups in total. The number of hydrogen-bond acceptors (Lipinski definition) is 5. The molecule has 0 heterocycles. The first-order chi connectivity index (χ1) is 8.74. The predicted octanol–water partition coefficient (Wildman–Crippen LogP) is 1.67. The Labute approximate surface area is 113 Å². The van der Waals surface area contributed by atoms with Gasteiger partial charge in [0.05, 0.1) is 25.4 Å². The van der Waals surface area contributed by atoms with Crippen molar-refractivity contribution < 1.29 is 22.7 Å². The number of rotatable bonds is 5. The summed E-state index contributed by atoms with van der Waals surface area (Å²) in [5.41, 5.74) is -1.12. The third-order valence-corrected chi connectivity index (χ3v) is 4.80. The molecule has 0 aliphatic heterocycles. The Morgan fingerprint density at radius 3 is 2.32 bits per heavy atom. The van der Waals surface area contributed by atoms with E-state index in [0.29, 0.717) is 0 Å². The number of carbonyl (C=O) groups is 1. The highest BCUT2D eigenvalue weighted by atomic mass is 32.2. The molecule has 0 saturated carbocycles. The molecule has 1 rings (SSSR count). The van der Waals surface area contributed by atoms with Gasteiger partial charge in [-0.15, -0.1) is 0 Å². The number of ether oxygens (including phenoxy) is 2. The lowest BCUT2D eigenvalue weighted by atomic mass is 9.97. The third kappa shape index (κ3) is 3.47. The smallest absolute Gasteiger partial charge is 0.312 e. The van der Waals surface area contributed by atoms with Crippen LogP contribution in [0.2, 0.25) is 0 Å². The minimum absolute atomic E-state index is 0.0782. The average Bonchev–Trinajstić information content (AvgIpc) is 2.36. The molecule has 0 aliphatic carbocycles. The molecule has 1 aromatic rings. The zero-order valence-electron chi connectivity index (χ0n) is 11.5. The fourth-order valence-corrected chi connectivity index (χ4v) is 3.73. The molecule has 0 saturated heterocycles. The van der Waals surface area contributed by atoms with Crippen molar-refractivity contribution in [3.8, 4) is 5.75 Å². The summed E-state index contributed by atoms with van der Waals surface area (Å²) in [7, 11) is -1.00. The normalized spacial score (nSPS) is 12.0. The van der Waals surface area contributed by atoms with Gasteiger partial charge in [0.1, 0.15) is 10.6 Å². The Morgan fingerprint density at radius 2 is 1.79 bits per heavy atom. The van der Waals surface area contributed by atoms with Gasteiger partial charge >= 0.3 is 5.97 Å². The second-order valence-corrected chi connectivity index (χ2v) is 6.74. The number of esters is 1. The molecule has 19 heavy (non-hydrogen) atoms. The van der Waals surface area contributed by atoms with Gasteiger partial charge < -0.3 is 9.47 Å². The van der Waals surface area contributed by atoms with Crippen LogP contribution in [0.4, 0.5) is 0 Å². The summed E-state index contributed by atoms with van der Waals surface area (Å²) in [5, 5.41) is 0. The fraction of sp³-hybridized carbons (Fsp3) is 0.462. The summed E-state index contributed by atoms with van der Waals surface area (Å²) in [4.78, 5) is 11.7. The van der Waals surface area contributed by atoms with Gasteiger partial charge in [-0.3, -0.25) is 4.79 Å². The highest BCUT2D eigenvalue weighted by Crippen LogP contribution is 2.29. The van der Waals surface area contributed by atoms with E-state index in [1.54, 1.807) is 18.2 Å². The van der Waals surface area contributed by atoms with E-state index in [1.807, 2.05) is 0 Å². The van der Waals surface area contributed by atoms with Crippen molar-refractivity contribution >= 4 is 15.8 Å². The lowest BCUT2D eigenvalue weighted by Crippen LogP contribution is -2.33. The van der Waals surface area contributed by atoms with Crippen LogP contribution in [0.25, 0.3) is 0 Å². The van der Waals surface area contributed by atoms with Gasteiger partial charge in [-0.25, -0.2) is 8.42 Å². The maximum absolute atomic E-state index is 12.4. The van der Waals surface area contributed by atoms with Gasteiger partial charge in [0.25, 0.3) is 0 Å². The third-order valence-electron chi connectivity index (χ3n) is 2.69. The van der Waals surface area contributed by atoms with Crippen LogP contribution in [0.3, 0.4) is 0 Å². The molecule has 106 valence electrons. The fourth-order valence-electron chi connectivity index (χ4n) is 1.76. The maximum atomic E-state index is 12.4. The predicted molar refractivity (Wildman–Crippen MR) is 70.8 cm³/mol. The summed E-state index contributed by atoms with van der Waals surface area (Å²) in [6.45, 7) is 3.07. The highest BCUT2D eigenvalue weighted by molar-refractivity contribution is 7.91. The SMILES string of the molecule is COC(=O)C(C)(C)CS(=O)(=O)c1ccccc1OC. The molecule has 0 fully saturated rings. The molecule has 0 aromatic heterocycles. The van der Waals surface area contributed by atoms with Crippen molar-refractivity contribution in [2.24, 2.45) is 5.41 Å². The van der Waals surface area contributed by atoms with Crippen LogP contribution in [-0.2, 0) is 19.4 Å². The summed E-state index contributed by atoms with van der Waals surface area (Å²) in [6, 6.07) is 6.32. The number of benzene rings is 1. The lowest BCUT2D eigenvalue weighted by Gasteiger charge is -2.21. The Kier molecular flexibility index (Phi) is 4.57. The van der Waals surface area contributed by atoms with Crippen molar-refractivity contribution in [3.63, 3.8) is 0 Å². The van der Waals surface area contributed by atoms with E-state index in [9.17, 15) is 13.2 Å². The minimum Gasteiger partial charge on any atom is -0.495 e. The molecule has 0 unspecified atom stereocenters. The van der Waals surface area contributed by atoms with Crippen LogP contribution in [0, 0.1) is 5.41 Å². The molecule has 0 spiro atoms. The van der Waals surface area contributed by atoms with Gasteiger partial charge in [-0.05, 0) is 26.0 Å². The monoisotopic (exact) mass is 286 g/mol. The molecule has 0 radical (unpaired) electrons. The number of carbonyl (C=O) groups excluding carboxylic acids is 1. The van der Waals surface area contributed by atoms with Crippen LogP contribution in [0.1, 0.15) is 13.8 Å². The van der Waals surface area contributed by atoms with E-state index in [2.05, 4.69) is 4.74 Å². The highest BCUT2D eigenvalue weighted by Gasteiger charge is 2.36. The Bertz CT molecular complexity index is 560. The lowest BCUT2D eigenvalue weighted by molar-refractivity contribution is -0.149. The van der Waals surface area contributed by atoms with Gasteiger partial charge in [0, 0.05) is 0 Å². The van der Waals surface area contributed by atoms with Crippen molar-refractivity contribution in [2.75, 3.05) is 20.0 Å². The summed E-state index contributed by atoms with van der Waals surface area (Å²) in [6.07, 6.45) is 0. The summed E-state index contributed by atoms with van der Waals surface area (Å²) in [5.74, 6) is -0.637. The summed E-state index contributed by atoms with van der Waals surface area (Å²) >= 11 is 0. The molecule has 0 amide bonds. The van der Waals surface area contributed by atoms with E-state index in [4.69, 9.17) is 4.74 Å². The standard InChI is InChI=1S/C13H18O5S/c1-13(2,12(14)18-4)9-19(15,16)11-8-6-5-7-10(11)17-3/h5-8H,9H2,1-4H3. The van der Waals surface area contributed by atoms with Crippen LogP contribution < -0.4 is 4.74 Å². The second kappa shape index (κ2) is 5.61. The van der Waals surface area contributed by atoms with E-state index in [0.717, 1.165) is 0 Å². The van der Waals surface area contributed by atoms with Crippen LogP contribution in [-0.4, -0.2) is 34.4 Å². The van der Waals surface area contributed by atoms with Crippen molar-refractivity contribution in [2.45, 2.75) is 18.7 Å². The Morgan fingerprint density at radius 1 is 1.21 bits per heavy atom. The first-order valence-corrected chi connectivity index (χ1v) is 7.34. The van der Waals surface area contributed by atoms with Crippen LogP contribution in [0.5, 0.6) is 5.75 Å². The number of para-hydroxylation sites is 1. The molecule has 0 bridgehead atoms. The zero-order chi connectivity index (χ0) is 14.7. The van der Waals surface area contributed by atoms with Crippen molar-refractivity contribution in [1.29, 1.82) is 0 Å². The van der Waals surface area contributed by atoms with Gasteiger partial charge in [0.2, 0.25) is 0 Å². The number of hydrogen-bond donors (Lipinski definition) is 0. The number of sulfone groups is 1. The number of methoxy groups -OCH3 is 2. The summed E-state index contributed by atoms with van der Waals surface area (Å²) < 4.78 is 34.4. The van der Waals surface area contributed by atoms with E-state index < -0.39 is 21.2 Å². The molecular formula is C13H18O5S. The Balaban J connectivity index is 3.16. The molecule has 6 heteroatoms. The zero-order valence-corrected chi connectivity index (χ0v) is 12.3. The minimum atomic E-state index is -3.64. The molecule has 0 aliphatic rings. The van der Waals surface area contributed by atoms with Crippen LogP contribution in [0.15, 0.2) is 29.2 Å². The molecular weight excluding hydrogens is 268 g/mol. The molecule has 1 aromatic carbocycles. The van der Waals surface area contributed by atoms with E-state index in [-0.39, 0.29) is 16.4 Å².